The minimum Gasteiger partial charge on any atom is -0.326 e. The monoisotopic (exact) mass is 246 g/mol. The summed E-state index contributed by atoms with van der Waals surface area (Å²) in [5.41, 5.74) is 2.21. The number of amides is 1. The Hall–Kier alpha value is -1.35. The molecule has 0 spiro atoms. The predicted octanol–water partition coefficient (Wildman–Crippen LogP) is 2.58. The van der Waals surface area contributed by atoms with Crippen molar-refractivity contribution in [3.63, 3.8) is 0 Å². The molecule has 1 aromatic rings. The summed E-state index contributed by atoms with van der Waals surface area (Å²) in [4.78, 5) is 11.6. The minimum atomic E-state index is 0.170. The summed E-state index contributed by atoms with van der Waals surface area (Å²) in [5, 5.41) is 6.35. The molecule has 1 aliphatic carbocycles. The smallest absolute Gasteiger partial charge is 0.227 e. The Bertz CT molecular complexity index is 395. The summed E-state index contributed by atoms with van der Waals surface area (Å²) in [6, 6.07) is 8.66. The Labute approximate surface area is 109 Å². The number of likely N-dealkylation sites (N-methyl/N-ethyl adjacent to an activating group) is 1. The van der Waals surface area contributed by atoms with E-state index in [0.717, 1.165) is 31.5 Å². The van der Waals surface area contributed by atoms with Gasteiger partial charge in [0, 0.05) is 17.6 Å². The highest BCUT2D eigenvalue weighted by molar-refractivity contribution is 5.93. The zero-order valence-electron chi connectivity index (χ0n) is 11.2. The molecular weight excluding hydrogens is 224 g/mol. The molecule has 3 nitrogen and oxygen atoms in total. The quantitative estimate of drug-likeness (QED) is 0.810. The van der Waals surface area contributed by atoms with E-state index < -0.39 is 0 Å². The lowest BCUT2D eigenvalue weighted by atomic mass is 10.1. The lowest BCUT2D eigenvalue weighted by molar-refractivity contribution is -0.117. The number of benzene rings is 1. The molecule has 0 saturated heterocycles. The molecule has 1 amide bonds. The maximum Gasteiger partial charge on any atom is 0.227 e. The molecule has 0 bridgehead atoms. The highest BCUT2D eigenvalue weighted by Gasteiger charge is 2.29. The van der Waals surface area contributed by atoms with Crippen molar-refractivity contribution in [1.82, 2.24) is 5.32 Å². The molecule has 2 N–H and O–H groups in total. The van der Waals surface area contributed by atoms with Gasteiger partial charge in [0.2, 0.25) is 5.91 Å². The molecule has 0 heterocycles. The second-order valence-corrected chi connectivity index (χ2v) is 5.12. The lowest BCUT2D eigenvalue weighted by Crippen LogP contribution is -2.27. The van der Waals surface area contributed by atoms with Crippen LogP contribution >= 0.6 is 0 Å². The zero-order valence-corrected chi connectivity index (χ0v) is 11.2. The van der Waals surface area contributed by atoms with E-state index in [1.165, 1.54) is 5.56 Å². The number of hydrogen-bond acceptors (Lipinski definition) is 2. The maximum atomic E-state index is 11.6. The van der Waals surface area contributed by atoms with E-state index in [-0.39, 0.29) is 11.8 Å². The van der Waals surface area contributed by atoms with Crippen LogP contribution < -0.4 is 10.6 Å². The van der Waals surface area contributed by atoms with Gasteiger partial charge in [-0.25, -0.2) is 0 Å². The summed E-state index contributed by atoms with van der Waals surface area (Å²) < 4.78 is 0. The van der Waals surface area contributed by atoms with Crippen LogP contribution in [0.25, 0.3) is 0 Å². The summed E-state index contributed by atoms with van der Waals surface area (Å²) in [5.74, 6) is 0.433. The van der Waals surface area contributed by atoms with Gasteiger partial charge >= 0.3 is 0 Å². The molecule has 1 aliphatic rings. The Kier molecular flexibility index (Phi) is 4.37. The van der Waals surface area contributed by atoms with Gasteiger partial charge in [-0.15, -0.1) is 0 Å². The molecule has 1 atom stereocenters. The van der Waals surface area contributed by atoms with E-state index in [2.05, 4.69) is 36.6 Å². The van der Waals surface area contributed by atoms with Crippen molar-refractivity contribution in [3.05, 3.63) is 29.8 Å². The van der Waals surface area contributed by atoms with Crippen LogP contribution in [0, 0.1) is 5.92 Å². The second kappa shape index (κ2) is 6.01. The second-order valence-electron chi connectivity index (χ2n) is 5.12. The van der Waals surface area contributed by atoms with Crippen molar-refractivity contribution in [2.75, 3.05) is 11.9 Å². The molecule has 1 unspecified atom stereocenters. The molecule has 18 heavy (non-hydrogen) atoms. The van der Waals surface area contributed by atoms with Gasteiger partial charge in [-0.3, -0.25) is 4.79 Å². The minimum absolute atomic E-state index is 0.170. The molecule has 0 aromatic heterocycles. The van der Waals surface area contributed by atoms with Crippen LogP contribution in [0.1, 0.15) is 32.3 Å². The van der Waals surface area contributed by atoms with Crippen LogP contribution in [-0.4, -0.2) is 18.5 Å². The van der Waals surface area contributed by atoms with E-state index in [1.807, 2.05) is 12.1 Å². The van der Waals surface area contributed by atoms with Gasteiger partial charge in [-0.05, 0) is 50.4 Å². The third-order valence-corrected chi connectivity index (χ3v) is 3.26. The SMILES string of the molecule is CCNC(C)Cc1ccc(NC(=O)C2CC2)cc1. The Morgan fingerprint density at radius 1 is 1.33 bits per heavy atom. The van der Waals surface area contributed by atoms with Gasteiger partial charge in [0.05, 0.1) is 0 Å². The first kappa shape index (κ1) is 13.1. The van der Waals surface area contributed by atoms with Crippen molar-refractivity contribution < 1.29 is 4.79 Å². The van der Waals surface area contributed by atoms with Crippen LogP contribution in [0.15, 0.2) is 24.3 Å². The third kappa shape index (κ3) is 3.84. The highest BCUT2D eigenvalue weighted by Crippen LogP contribution is 2.30. The summed E-state index contributed by atoms with van der Waals surface area (Å²) in [7, 11) is 0. The van der Waals surface area contributed by atoms with E-state index >= 15 is 0 Å². The number of carbonyl (C=O) groups excluding carboxylic acids is 1. The van der Waals surface area contributed by atoms with Gasteiger partial charge in [0.1, 0.15) is 0 Å². The van der Waals surface area contributed by atoms with E-state index in [4.69, 9.17) is 0 Å². The average Bonchev–Trinajstić information content (AvgIpc) is 3.16. The average molecular weight is 246 g/mol. The fourth-order valence-corrected chi connectivity index (χ4v) is 2.09. The number of carbonyl (C=O) groups is 1. The van der Waals surface area contributed by atoms with Gasteiger partial charge in [0.15, 0.2) is 0 Å². The highest BCUT2D eigenvalue weighted by atomic mass is 16.2. The fourth-order valence-electron chi connectivity index (χ4n) is 2.09. The van der Waals surface area contributed by atoms with Crippen LogP contribution in [0.2, 0.25) is 0 Å². The largest absolute Gasteiger partial charge is 0.326 e. The zero-order chi connectivity index (χ0) is 13.0. The molecule has 0 aliphatic heterocycles. The molecule has 98 valence electrons. The van der Waals surface area contributed by atoms with Crippen molar-refractivity contribution in [2.24, 2.45) is 5.92 Å². The molecule has 3 heteroatoms. The predicted molar refractivity (Wildman–Crippen MR) is 74.6 cm³/mol. The first-order valence-corrected chi connectivity index (χ1v) is 6.82. The van der Waals surface area contributed by atoms with Crippen LogP contribution in [0.3, 0.4) is 0 Å². The summed E-state index contributed by atoms with van der Waals surface area (Å²) >= 11 is 0. The van der Waals surface area contributed by atoms with Gasteiger partial charge in [-0.2, -0.15) is 0 Å². The molecule has 1 saturated carbocycles. The summed E-state index contributed by atoms with van der Waals surface area (Å²) in [6.45, 7) is 5.30. The van der Waals surface area contributed by atoms with Gasteiger partial charge in [0.25, 0.3) is 0 Å². The fraction of sp³-hybridized carbons (Fsp3) is 0.533. The van der Waals surface area contributed by atoms with Crippen LogP contribution in [-0.2, 0) is 11.2 Å². The van der Waals surface area contributed by atoms with Crippen LogP contribution in [0.4, 0.5) is 5.69 Å². The number of anilines is 1. The Morgan fingerprint density at radius 3 is 2.56 bits per heavy atom. The molecule has 1 fully saturated rings. The lowest BCUT2D eigenvalue weighted by Gasteiger charge is -2.12. The van der Waals surface area contributed by atoms with Crippen molar-refractivity contribution in [2.45, 2.75) is 39.2 Å². The topological polar surface area (TPSA) is 41.1 Å². The number of rotatable bonds is 6. The standard InChI is InChI=1S/C15H22N2O/c1-3-16-11(2)10-12-4-8-14(9-5-12)17-15(18)13-6-7-13/h4-5,8-9,11,13,16H,3,6-7,10H2,1-2H3,(H,17,18). The van der Waals surface area contributed by atoms with Gasteiger partial charge in [-0.1, -0.05) is 19.1 Å². The number of hydrogen-bond donors (Lipinski definition) is 2. The third-order valence-electron chi connectivity index (χ3n) is 3.26. The van der Waals surface area contributed by atoms with E-state index in [1.54, 1.807) is 0 Å². The number of nitrogens with one attached hydrogen (secondary N) is 2. The molecule has 0 radical (unpaired) electrons. The van der Waals surface area contributed by atoms with Crippen molar-refractivity contribution in [1.29, 1.82) is 0 Å². The normalized spacial score (nSPS) is 16.3. The molecular formula is C15H22N2O. The molecule has 1 aromatic carbocycles. The van der Waals surface area contributed by atoms with E-state index in [9.17, 15) is 4.79 Å². The first-order chi connectivity index (χ1) is 8.69. The Morgan fingerprint density at radius 2 is 2.00 bits per heavy atom. The van der Waals surface area contributed by atoms with Crippen molar-refractivity contribution >= 4 is 11.6 Å². The van der Waals surface area contributed by atoms with Crippen molar-refractivity contribution in [3.8, 4) is 0 Å². The Balaban J connectivity index is 1.86. The molecule has 2 rings (SSSR count). The van der Waals surface area contributed by atoms with Gasteiger partial charge < -0.3 is 10.6 Å². The first-order valence-electron chi connectivity index (χ1n) is 6.82. The summed E-state index contributed by atoms with van der Waals surface area (Å²) in [6.07, 6.45) is 3.11. The van der Waals surface area contributed by atoms with E-state index in [0.29, 0.717) is 6.04 Å². The maximum absolute atomic E-state index is 11.6. The van der Waals surface area contributed by atoms with Crippen LogP contribution in [0.5, 0.6) is 0 Å².